The van der Waals surface area contributed by atoms with Crippen LogP contribution in [-0.4, -0.2) is 34.6 Å². The summed E-state index contributed by atoms with van der Waals surface area (Å²) < 4.78 is 24.1. The van der Waals surface area contributed by atoms with Crippen molar-refractivity contribution in [3.63, 3.8) is 0 Å². The number of nitrogens with one attached hydrogen (secondary N) is 1. The van der Waals surface area contributed by atoms with Crippen molar-refractivity contribution in [3.05, 3.63) is 47.5 Å². The van der Waals surface area contributed by atoms with Crippen LogP contribution < -0.4 is 14.8 Å². The second kappa shape index (κ2) is 8.79. The molecule has 0 unspecified atom stereocenters. The second-order valence-corrected chi connectivity index (χ2v) is 6.83. The van der Waals surface area contributed by atoms with Crippen LogP contribution in [0.25, 0.3) is 0 Å². The number of hydrogen-bond donors (Lipinski definition) is 1. The van der Waals surface area contributed by atoms with Gasteiger partial charge in [0.05, 0.1) is 0 Å². The number of hydrogen-bond acceptors (Lipinski definition) is 5. The Labute approximate surface area is 158 Å². The molecule has 1 aliphatic carbocycles. The first-order chi connectivity index (χ1) is 13.0. The van der Waals surface area contributed by atoms with E-state index in [4.69, 9.17) is 9.47 Å². The van der Waals surface area contributed by atoms with Crippen LogP contribution in [0.3, 0.4) is 0 Å². The Hall–Kier alpha value is -2.70. The number of aryl methyl sites for hydroxylation is 2. The lowest BCUT2D eigenvalue weighted by molar-refractivity contribution is -0.124. The van der Waals surface area contributed by atoms with E-state index in [1.165, 1.54) is 24.3 Å². The van der Waals surface area contributed by atoms with E-state index in [1.54, 1.807) is 0 Å². The second-order valence-electron chi connectivity index (χ2n) is 6.83. The highest BCUT2D eigenvalue weighted by Crippen LogP contribution is 2.22. The van der Waals surface area contributed by atoms with E-state index in [0.29, 0.717) is 11.8 Å². The third-order valence-electron chi connectivity index (χ3n) is 4.46. The van der Waals surface area contributed by atoms with Crippen molar-refractivity contribution >= 4 is 5.91 Å². The molecule has 1 aliphatic rings. The summed E-state index contributed by atoms with van der Waals surface area (Å²) in [5.74, 6) is -0.0459. The average molecular weight is 373 g/mol. The number of carbonyl (C=O) groups excluding carboxylic acids is 1. The van der Waals surface area contributed by atoms with Gasteiger partial charge >= 0.3 is 6.01 Å². The minimum Gasteiger partial charge on any atom is -0.484 e. The lowest BCUT2D eigenvalue weighted by atomic mass is 9.93. The van der Waals surface area contributed by atoms with Gasteiger partial charge in [-0.25, -0.2) is 14.4 Å². The smallest absolute Gasteiger partial charge is 0.317 e. The number of carbonyl (C=O) groups is 1. The summed E-state index contributed by atoms with van der Waals surface area (Å²) in [5, 5.41) is 2.98. The fraction of sp³-hybridized carbons (Fsp3) is 0.450. The van der Waals surface area contributed by atoms with Gasteiger partial charge in [-0.05, 0) is 69.9 Å². The molecular formula is C20H24FN3O3. The summed E-state index contributed by atoms with van der Waals surface area (Å²) in [4.78, 5) is 20.7. The number of ether oxygens (including phenoxy) is 2. The third kappa shape index (κ3) is 5.91. The molecule has 0 atom stereocenters. The van der Waals surface area contributed by atoms with Gasteiger partial charge in [0.25, 0.3) is 5.91 Å². The van der Waals surface area contributed by atoms with Crippen molar-refractivity contribution < 1.29 is 18.7 Å². The SMILES string of the molecule is Cc1cc(C)nc(OC2CCC(NC(=O)COc3ccc(F)cc3)CC2)n1. The van der Waals surface area contributed by atoms with Gasteiger partial charge in [-0.1, -0.05) is 0 Å². The van der Waals surface area contributed by atoms with E-state index in [1.807, 2.05) is 19.9 Å². The molecule has 1 fully saturated rings. The molecule has 6 nitrogen and oxygen atoms in total. The van der Waals surface area contributed by atoms with E-state index >= 15 is 0 Å². The molecule has 27 heavy (non-hydrogen) atoms. The maximum absolute atomic E-state index is 12.9. The number of nitrogens with zero attached hydrogens (tertiary/aromatic N) is 2. The van der Waals surface area contributed by atoms with Crippen molar-refractivity contribution in [1.29, 1.82) is 0 Å². The fourth-order valence-electron chi connectivity index (χ4n) is 3.17. The van der Waals surface area contributed by atoms with E-state index < -0.39 is 0 Å². The van der Waals surface area contributed by atoms with E-state index in [0.717, 1.165) is 37.1 Å². The molecule has 1 amide bonds. The highest BCUT2D eigenvalue weighted by atomic mass is 19.1. The molecule has 1 saturated carbocycles. The first-order valence-corrected chi connectivity index (χ1v) is 9.14. The van der Waals surface area contributed by atoms with Crippen molar-refractivity contribution in [2.75, 3.05) is 6.61 Å². The average Bonchev–Trinajstić information content (AvgIpc) is 2.62. The molecular weight excluding hydrogens is 349 g/mol. The first kappa shape index (κ1) is 19.1. The minimum atomic E-state index is -0.336. The summed E-state index contributed by atoms with van der Waals surface area (Å²) in [6, 6.07) is 8.04. The number of benzene rings is 1. The predicted molar refractivity (Wildman–Crippen MR) is 98.2 cm³/mol. The van der Waals surface area contributed by atoms with Crippen LogP contribution in [0.15, 0.2) is 30.3 Å². The Bertz CT molecular complexity index is 754. The number of rotatable bonds is 6. The zero-order chi connectivity index (χ0) is 19.2. The van der Waals surface area contributed by atoms with Gasteiger partial charge in [-0.2, -0.15) is 0 Å². The van der Waals surface area contributed by atoms with Gasteiger partial charge in [-0.15, -0.1) is 0 Å². The zero-order valence-corrected chi connectivity index (χ0v) is 15.6. The fourth-order valence-corrected chi connectivity index (χ4v) is 3.17. The van der Waals surface area contributed by atoms with Crippen LogP contribution in [0, 0.1) is 19.7 Å². The highest BCUT2D eigenvalue weighted by molar-refractivity contribution is 5.77. The Morgan fingerprint density at radius 1 is 1.11 bits per heavy atom. The van der Waals surface area contributed by atoms with Gasteiger partial charge in [0.2, 0.25) is 0 Å². The maximum atomic E-state index is 12.9. The monoisotopic (exact) mass is 373 g/mol. The van der Waals surface area contributed by atoms with Crippen LogP contribution in [0.5, 0.6) is 11.8 Å². The van der Waals surface area contributed by atoms with Gasteiger partial charge < -0.3 is 14.8 Å². The van der Waals surface area contributed by atoms with Crippen LogP contribution >= 0.6 is 0 Å². The molecule has 0 saturated heterocycles. The number of halogens is 1. The predicted octanol–water partition coefficient (Wildman–Crippen LogP) is 3.12. The molecule has 1 aromatic carbocycles. The Kier molecular flexibility index (Phi) is 6.21. The number of amides is 1. The third-order valence-corrected chi connectivity index (χ3v) is 4.46. The largest absolute Gasteiger partial charge is 0.484 e. The minimum absolute atomic E-state index is 0.0646. The molecule has 0 spiro atoms. The normalized spacial score (nSPS) is 19.4. The Balaban J connectivity index is 1.39. The Morgan fingerprint density at radius 2 is 1.74 bits per heavy atom. The summed E-state index contributed by atoms with van der Waals surface area (Å²) in [5.41, 5.74) is 1.78. The molecule has 0 aliphatic heterocycles. The van der Waals surface area contributed by atoms with E-state index in [-0.39, 0.29) is 30.5 Å². The Morgan fingerprint density at radius 3 is 2.37 bits per heavy atom. The highest BCUT2D eigenvalue weighted by Gasteiger charge is 2.24. The molecule has 1 aromatic heterocycles. The van der Waals surface area contributed by atoms with E-state index in [9.17, 15) is 9.18 Å². The molecule has 2 aromatic rings. The van der Waals surface area contributed by atoms with Crippen LogP contribution in [0.1, 0.15) is 37.1 Å². The van der Waals surface area contributed by atoms with Crippen molar-refractivity contribution in [3.8, 4) is 11.8 Å². The topological polar surface area (TPSA) is 73.3 Å². The van der Waals surface area contributed by atoms with Crippen LogP contribution in [0.2, 0.25) is 0 Å². The zero-order valence-electron chi connectivity index (χ0n) is 15.6. The van der Waals surface area contributed by atoms with Gasteiger partial charge in [-0.3, -0.25) is 4.79 Å². The molecule has 7 heteroatoms. The van der Waals surface area contributed by atoms with Crippen molar-refractivity contribution in [1.82, 2.24) is 15.3 Å². The first-order valence-electron chi connectivity index (χ1n) is 9.14. The van der Waals surface area contributed by atoms with Crippen LogP contribution in [0.4, 0.5) is 4.39 Å². The van der Waals surface area contributed by atoms with Gasteiger partial charge in [0.1, 0.15) is 17.7 Å². The summed E-state index contributed by atoms with van der Waals surface area (Å²) in [6.07, 6.45) is 3.39. The summed E-state index contributed by atoms with van der Waals surface area (Å²) in [7, 11) is 0. The van der Waals surface area contributed by atoms with Crippen molar-refractivity contribution in [2.24, 2.45) is 0 Å². The van der Waals surface area contributed by atoms with Gasteiger partial charge in [0, 0.05) is 17.4 Å². The van der Waals surface area contributed by atoms with Crippen LogP contribution in [-0.2, 0) is 4.79 Å². The summed E-state index contributed by atoms with van der Waals surface area (Å²) >= 11 is 0. The molecule has 0 radical (unpaired) electrons. The lowest BCUT2D eigenvalue weighted by Crippen LogP contribution is -2.41. The quantitative estimate of drug-likeness (QED) is 0.842. The maximum Gasteiger partial charge on any atom is 0.317 e. The van der Waals surface area contributed by atoms with Crippen molar-refractivity contribution in [2.45, 2.75) is 51.7 Å². The summed E-state index contributed by atoms with van der Waals surface area (Å²) in [6.45, 7) is 3.75. The lowest BCUT2D eigenvalue weighted by Gasteiger charge is -2.29. The van der Waals surface area contributed by atoms with Gasteiger partial charge in [0.15, 0.2) is 6.61 Å². The standard InChI is InChI=1S/C20H24FN3O3/c1-13-11-14(2)23-20(22-13)27-18-9-5-16(6-10-18)24-19(25)12-26-17-7-3-15(21)4-8-17/h3-4,7-8,11,16,18H,5-6,9-10,12H2,1-2H3,(H,24,25). The van der Waals surface area contributed by atoms with E-state index in [2.05, 4.69) is 15.3 Å². The molecule has 1 heterocycles. The number of aromatic nitrogens is 2. The molecule has 1 N–H and O–H groups in total. The molecule has 3 rings (SSSR count). The molecule has 144 valence electrons. The molecule has 0 bridgehead atoms.